The van der Waals surface area contributed by atoms with E-state index in [1.165, 1.54) is 18.2 Å². The van der Waals surface area contributed by atoms with Crippen LogP contribution in [-0.4, -0.2) is 58.8 Å². The van der Waals surface area contributed by atoms with Crippen molar-refractivity contribution >= 4 is 17.5 Å². The lowest BCUT2D eigenvalue weighted by Gasteiger charge is -2.38. The van der Waals surface area contributed by atoms with Gasteiger partial charge in [-0.25, -0.2) is 14.8 Å². The van der Waals surface area contributed by atoms with Crippen LogP contribution in [0.4, 0.5) is 16.2 Å². The molecule has 1 N–H and O–H groups in total. The number of amides is 1. The first-order chi connectivity index (χ1) is 10.0. The second-order valence-electron chi connectivity index (χ2n) is 4.73. The fourth-order valence-electron chi connectivity index (χ4n) is 2.43. The normalized spacial score (nSPS) is 16.6. The number of hydrogen-bond acceptors (Lipinski definition) is 5. The summed E-state index contributed by atoms with van der Waals surface area (Å²) in [6.45, 7) is 5.47. The number of carbonyl (C=O) groups is 1. The molecule has 0 spiro atoms. The molecule has 2 rings (SSSR count). The Morgan fingerprint density at radius 3 is 2.48 bits per heavy atom. The zero-order chi connectivity index (χ0) is 15.4. The van der Waals surface area contributed by atoms with Gasteiger partial charge in [0.05, 0.1) is 4.92 Å². The van der Waals surface area contributed by atoms with Gasteiger partial charge < -0.3 is 10.0 Å². The Balaban J connectivity index is 2.28. The Morgan fingerprint density at radius 2 is 1.95 bits per heavy atom. The molecule has 1 fully saturated rings. The lowest BCUT2D eigenvalue weighted by molar-refractivity contribution is -0.384. The lowest BCUT2D eigenvalue weighted by Crippen LogP contribution is -2.55. The second kappa shape index (κ2) is 6.51. The second-order valence-corrected chi connectivity index (χ2v) is 4.73. The van der Waals surface area contributed by atoms with Crippen molar-refractivity contribution in [2.24, 2.45) is 0 Å². The lowest BCUT2D eigenvalue weighted by atomic mass is 10.2. The summed E-state index contributed by atoms with van der Waals surface area (Å²) >= 11 is 0. The van der Waals surface area contributed by atoms with Crippen LogP contribution >= 0.6 is 0 Å². The van der Waals surface area contributed by atoms with Crippen molar-refractivity contribution in [1.82, 2.24) is 9.91 Å². The zero-order valence-corrected chi connectivity index (χ0v) is 11.8. The molecule has 0 unspecified atom stereocenters. The van der Waals surface area contributed by atoms with Crippen LogP contribution in [0.15, 0.2) is 24.3 Å². The number of hydrazine groups is 1. The number of nitrogens with zero attached hydrogens (tertiary/aromatic N) is 4. The average Bonchev–Trinajstić information content (AvgIpc) is 2.48. The largest absolute Gasteiger partial charge is 0.464 e. The Hall–Kier alpha value is -2.19. The monoisotopic (exact) mass is 294 g/mol. The maximum absolute atomic E-state index is 11.6. The standard InChI is InChI=1S/C13H18N4O4/c1-2-14-7-9-15(10-8-14)16(13(18)19)11-5-3-4-6-12(11)17(20)21/h3-6H,2,7-10H2,1H3,(H,18,19). The summed E-state index contributed by atoms with van der Waals surface area (Å²) in [6.07, 6.45) is -1.21. The van der Waals surface area contributed by atoms with Gasteiger partial charge in [0.25, 0.3) is 5.69 Å². The van der Waals surface area contributed by atoms with Gasteiger partial charge >= 0.3 is 6.09 Å². The van der Waals surface area contributed by atoms with Crippen LogP contribution in [0.25, 0.3) is 0 Å². The minimum absolute atomic E-state index is 0.0833. The number of rotatable bonds is 4. The van der Waals surface area contributed by atoms with Gasteiger partial charge in [-0.05, 0) is 12.6 Å². The van der Waals surface area contributed by atoms with Crippen LogP contribution in [0.1, 0.15) is 6.92 Å². The van der Waals surface area contributed by atoms with E-state index in [1.54, 1.807) is 11.1 Å². The number of benzene rings is 1. The highest BCUT2D eigenvalue weighted by Crippen LogP contribution is 2.29. The van der Waals surface area contributed by atoms with Crippen LogP contribution in [-0.2, 0) is 0 Å². The molecule has 0 atom stereocenters. The highest BCUT2D eigenvalue weighted by Gasteiger charge is 2.31. The zero-order valence-electron chi connectivity index (χ0n) is 11.8. The summed E-state index contributed by atoms with van der Waals surface area (Å²) in [5.74, 6) is 0. The molecule has 8 nitrogen and oxygen atoms in total. The van der Waals surface area contributed by atoms with Gasteiger partial charge in [0, 0.05) is 32.2 Å². The van der Waals surface area contributed by atoms with E-state index < -0.39 is 11.0 Å². The first kappa shape index (κ1) is 15.2. The van der Waals surface area contributed by atoms with E-state index in [-0.39, 0.29) is 11.4 Å². The van der Waals surface area contributed by atoms with Crippen molar-refractivity contribution in [1.29, 1.82) is 0 Å². The van der Waals surface area contributed by atoms with Crippen molar-refractivity contribution in [3.05, 3.63) is 34.4 Å². The maximum Gasteiger partial charge on any atom is 0.427 e. The van der Waals surface area contributed by atoms with E-state index >= 15 is 0 Å². The Kier molecular flexibility index (Phi) is 4.71. The highest BCUT2D eigenvalue weighted by atomic mass is 16.6. The number of nitro groups is 1. The van der Waals surface area contributed by atoms with Crippen LogP contribution in [0, 0.1) is 10.1 Å². The van der Waals surface area contributed by atoms with Crippen LogP contribution in [0.3, 0.4) is 0 Å². The third-order valence-corrected chi connectivity index (χ3v) is 3.57. The fourth-order valence-corrected chi connectivity index (χ4v) is 2.43. The van der Waals surface area contributed by atoms with Gasteiger partial charge in [-0.2, -0.15) is 0 Å². The Morgan fingerprint density at radius 1 is 1.33 bits per heavy atom. The van der Waals surface area contributed by atoms with Crippen LogP contribution in [0.2, 0.25) is 0 Å². The molecule has 1 saturated heterocycles. The molecule has 0 radical (unpaired) electrons. The molecule has 0 aliphatic carbocycles. The van der Waals surface area contributed by atoms with Gasteiger partial charge in [-0.15, -0.1) is 0 Å². The van der Waals surface area contributed by atoms with Crippen molar-refractivity contribution < 1.29 is 14.8 Å². The third-order valence-electron chi connectivity index (χ3n) is 3.57. The number of piperazine rings is 1. The van der Waals surface area contributed by atoms with E-state index in [0.717, 1.165) is 24.6 Å². The topological polar surface area (TPSA) is 90.2 Å². The number of carboxylic acid groups (broad SMARTS) is 1. The van der Waals surface area contributed by atoms with Gasteiger partial charge in [0.2, 0.25) is 0 Å². The van der Waals surface area contributed by atoms with E-state index in [9.17, 15) is 20.0 Å². The molecule has 1 aliphatic rings. The molecular formula is C13H18N4O4. The quantitative estimate of drug-likeness (QED) is 0.670. The van der Waals surface area contributed by atoms with E-state index in [4.69, 9.17) is 0 Å². The smallest absolute Gasteiger partial charge is 0.427 e. The van der Waals surface area contributed by atoms with Crippen molar-refractivity contribution in [3.8, 4) is 0 Å². The Bertz CT molecular complexity index is 529. The maximum atomic E-state index is 11.6. The van der Waals surface area contributed by atoms with Gasteiger partial charge in [-0.3, -0.25) is 10.1 Å². The van der Waals surface area contributed by atoms with E-state index in [2.05, 4.69) is 4.90 Å². The predicted octanol–water partition coefficient (Wildman–Crippen LogP) is 1.63. The molecule has 114 valence electrons. The van der Waals surface area contributed by atoms with Crippen molar-refractivity contribution in [2.75, 3.05) is 37.7 Å². The van der Waals surface area contributed by atoms with Gasteiger partial charge in [-0.1, -0.05) is 19.1 Å². The third kappa shape index (κ3) is 3.29. The molecular weight excluding hydrogens is 276 g/mol. The van der Waals surface area contributed by atoms with E-state index in [0.29, 0.717) is 13.1 Å². The Labute approximate surface area is 122 Å². The van der Waals surface area contributed by atoms with Gasteiger partial charge in [0.15, 0.2) is 0 Å². The van der Waals surface area contributed by atoms with E-state index in [1.807, 2.05) is 6.92 Å². The molecule has 0 bridgehead atoms. The minimum Gasteiger partial charge on any atom is -0.464 e. The number of likely N-dealkylation sites (N-methyl/N-ethyl adjacent to an activating group) is 1. The highest BCUT2D eigenvalue weighted by molar-refractivity contribution is 5.88. The summed E-state index contributed by atoms with van der Waals surface area (Å²) in [5.41, 5.74) is -0.127. The molecule has 1 amide bonds. The fraction of sp³-hybridized carbons (Fsp3) is 0.462. The number of para-hydroxylation sites is 2. The van der Waals surface area contributed by atoms with Crippen molar-refractivity contribution in [2.45, 2.75) is 6.92 Å². The molecule has 1 heterocycles. The molecule has 1 aromatic carbocycles. The molecule has 0 aromatic heterocycles. The van der Waals surface area contributed by atoms with Crippen molar-refractivity contribution in [3.63, 3.8) is 0 Å². The molecule has 8 heteroatoms. The van der Waals surface area contributed by atoms with Crippen LogP contribution < -0.4 is 5.01 Å². The molecule has 1 aliphatic heterocycles. The summed E-state index contributed by atoms with van der Waals surface area (Å²) in [5, 5.41) is 23.2. The first-order valence-electron chi connectivity index (χ1n) is 6.78. The molecule has 21 heavy (non-hydrogen) atoms. The minimum atomic E-state index is -1.21. The number of anilines is 1. The summed E-state index contributed by atoms with van der Waals surface area (Å²) in [7, 11) is 0. The molecule has 1 aromatic rings. The first-order valence-corrected chi connectivity index (χ1v) is 6.78. The molecule has 0 saturated carbocycles. The number of nitro benzene ring substituents is 1. The van der Waals surface area contributed by atoms with Crippen LogP contribution in [0.5, 0.6) is 0 Å². The number of hydrogen-bond donors (Lipinski definition) is 1. The summed E-state index contributed by atoms with van der Waals surface area (Å²) in [6, 6.07) is 5.89. The SMILES string of the molecule is CCN1CCN(N(C(=O)O)c2ccccc2[N+](=O)[O-])CC1. The van der Waals surface area contributed by atoms with Gasteiger partial charge in [0.1, 0.15) is 5.69 Å². The predicted molar refractivity (Wildman–Crippen MR) is 77.3 cm³/mol. The average molecular weight is 294 g/mol. The summed E-state index contributed by atoms with van der Waals surface area (Å²) < 4.78 is 0. The summed E-state index contributed by atoms with van der Waals surface area (Å²) in [4.78, 5) is 24.3.